The number of likely N-dealkylation sites (N-methyl/N-ethyl adjacent to an activating group) is 1. The molecule has 5 nitrogen and oxygen atoms in total. The molecule has 0 aromatic heterocycles. The van der Waals surface area contributed by atoms with Crippen LogP contribution >= 0.6 is 0 Å². The molecule has 0 aliphatic heterocycles. The van der Waals surface area contributed by atoms with Crippen LogP contribution in [-0.4, -0.2) is 39.5 Å². The molecule has 1 aromatic carbocycles. The summed E-state index contributed by atoms with van der Waals surface area (Å²) in [6.45, 7) is 7.19. The van der Waals surface area contributed by atoms with Crippen LogP contribution in [0.3, 0.4) is 0 Å². The second-order valence-corrected chi connectivity index (χ2v) is 7.33. The molecule has 0 radical (unpaired) electrons. The molecule has 3 N–H and O–H groups in total. The van der Waals surface area contributed by atoms with Gasteiger partial charge in [0.2, 0.25) is 10.0 Å². The maximum atomic E-state index is 12.3. The quantitative estimate of drug-likeness (QED) is 0.766. The molecule has 0 amide bonds. The molecular weight excluding hydrogens is 286 g/mol. The molecule has 1 rings (SSSR count). The van der Waals surface area contributed by atoms with Crippen LogP contribution < -0.4 is 10.5 Å². The smallest absolute Gasteiger partial charge is 0.240 e. The van der Waals surface area contributed by atoms with E-state index in [0.29, 0.717) is 19.1 Å². The maximum Gasteiger partial charge on any atom is 0.240 e. The molecule has 0 fully saturated rings. The highest BCUT2D eigenvalue weighted by Crippen LogP contribution is 2.18. The average molecular weight is 313 g/mol. The lowest BCUT2D eigenvalue weighted by Gasteiger charge is -2.21. The van der Waals surface area contributed by atoms with Gasteiger partial charge < -0.3 is 10.6 Å². The van der Waals surface area contributed by atoms with Crippen LogP contribution in [0.15, 0.2) is 29.2 Å². The van der Waals surface area contributed by atoms with E-state index in [1.807, 2.05) is 20.0 Å². The van der Waals surface area contributed by atoms with Gasteiger partial charge in [0.05, 0.1) is 4.90 Å². The number of nitrogens with two attached hydrogens (primary N) is 1. The minimum Gasteiger partial charge on any atom is -0.324 e. The van der Waals surface area contributed by atoms with Gasteiger partial charge in [-0.15, -0.1) is 0 Å². The molecule has 0 saturated carbocycles. The van der Waals surface area contributed by atoms with Crippen LogP contribution in [0.5, 0.6) is 0 Å². The zero-order chi connectivity index (χ0) is 16.0. The fourth-order valence-electron chi connectivity index (χ4n) is 1.85. The van der Waals surface area contributed by atoms with Crippen molar-refractivity contribution in [2.75, 3.05) is 20.1 Å². The minimum absolute atomic E-state index is 0.132. The number of sulfonamides is 1. The molecule has 0 heterocycles. The Morgan fingerprint density at radius 1 is 1.33 bits per heavy atom. The Labute approximate surface area is 128 Å². The van der Waals surface area contributed by atoms with E-state index in [2.05, 4.69) is 23.5 Å². The standard InChI is InChI=1S/C15H27N3O2S/c1-5-15(16)13-7-6-8-14(11-13)21(19,20)17-9-10-18(4)12(2)3/h6-8,11-12,15,17H,5,9-10,16H2,1-4H3. The first-order valence-corrected chi connectivity index (χ1v) is 8.81. The molecule has 0 spiro atoms. The van der Waals surface area contributed by atoms with Gasteiger partial charge in [0, 0.05) is 25.2 Å². The Morgan fingerprint density at radius 2 is 2.00 bits per heavy atom. The Bertz CT molecular complexity index is 544. The van der Waals surface area contributed by atoms with Gasteiger partial charge in [-0.3, -0.25) is 0 Å². The van der Waals surface area contributed by atoms with E-state index in [1.54, 1.807) is 18.2 Å². The third-order valence-electron chi connectivity index (χ3n) is 3.67. The molecule has 120 valence electrons. The van der Waals surface area contributed by atoms with Crippen molar-refractivity contribution in [3.8, 4) is 0 Å². The van der Waals surface area contributed by atoms with E-state index in [-0.39, 0.29) is 10.9 Å². The summed E-state index contributed by atoms with van der Waals surface area (Å²) in [4.78, 5) is 2.36. The summed E-state index contributed by atoms with van der Waals surface area (Å²) in [7, 11) is -1.51. The summed E-state index contributed by atoms with van der Waals surface area (Å²) in [5, 5.41) is 0. The van der Waals surface area contributed by atoms with Gasteiger partial charge in [0.25, 0.3) is 0 Å². The summed E-state index contributed by atoms with van der Waals surface area (Å²) >= 11 is 0. The van der Waals surface area contributed by atoms with Gasteiger partial charge in [0.15, 0.2) is 0 Å². The minimum atomic E-state index is -3.48. The van der Waals surface area contributed by atoms with Gasteiger partial charge >= 0.3 is 0 Å². The predicted octanol–water partition coefficient (Wildman–Crippen LogP) is 1.71. The van der Waals surface area contributed by atoms with E-state index >= 15 is 0 Å². The van der Waals surface area contributed by atoms with Crippen molar-refractivity contribution in [2.45, 2.75) is 44.2 Å². The molecule has 0 aliphatic carbocycles. The predicted molar refractivity (Wildman–Crippen MR) is 86.6 cm³/mol. The zero-order valence-electron chi connectivity index (χ0n) is 13.3. The Kier molecular flexibility index (Phi) is 6.80. The molecule has 21 heavy (non-hydrogen) atoms. The zero-order valence-corrected chi connectivity index (χ0v) is 14.2. The van der Waals surface area contributed by atoms with Crippen molar-refractivity contribution >= 4 is 10.0 Å². The van der Waals surface area contributed by atoms with Gasteiger partial charge in [0.1, 0.15) is 0 Å². The number of nitrogens with one attached hydrogen (secondary N) is 1. The summed E-state index contributed by atoms with van der Waals surface area (Å²) in [6, 6.07) is 7.11. The molecule has 6 heteroatoms. The third-order valence-corrected chi connectivity index (χ3v) is 5.13. The first kappa shape index (κ1) is 18.1. The fraction of sp³-hybridized carbons (Fsp3) is 0.600. The molecular formula is C15H27N3O2S. The molecule has 1 atom stereocenters. The second-order valence-electron chi connectivity index (χ2n) is 5.56. The molecule has 1 aromatic rings. The van der Waals surface area contributed by atoms with Gasteiger partial charge in [-0.1, -0.05) is 19.1 Å². The highest BCUT2D eigenvalue weighted by atomic mass is 32.2. The summed E-state index contributed by atoms with van der Waals surface area (Å²) in [6.07, 6.45) is 0.774. The van der Waals surface area contributed by atoms with Crippen molar-refractivity contribution in [1.29, 1.82) is 0 Å². The number of hydrogen-bond acceptors (Lipinski definition) is 4. The SMILES string of the molecule is CCC(N)c1cccc(S(=O)(=O)NCCN(C)C(C)C)c1. The maximum absolute atomic E-state index is 12.3. The number of nitrogens with zero attached hydrogens (tertiary/aromatic N) is 1. The molecule has 0 saturated heterocycles. The second kappa shape index (κ2) is 7.89. The Hall–Kier alpha value is -0.950. The van der Waals surface area contributed by atoms with E-state index in [4.69, 9.17) is 5.73 Å². The Morgan fingerprint density at radius 3 is 2.57 bits per heavy atom. The summed E-state index contributed by atoms with van der Waals surface area (Å²) < 4.78 is 27.2. The van der Waals surface area contributed by atoms with E-state index in [0.717, 1.165) is 12.0 Å². The topological polar surface area (TPSA) is 75.4 Å². The van der Waals surface area contributed by atoms with Gasteiger partial charge in [-0.05, 0) is 45.0 Å². The lowest BCUT2D eigenvalue weighted by atomic mass is 10.1. The first-order valence-electron chi connectivity index (χ1n) is 7.33. The summed E-state index contributed by atoms with van der Waals surface area (Å²) in [5.74, 6) is 0. The van der Waals surface area contributed by atoms with Crippen LogP contribution in [0.4, 0.5) is 0 Å². The first-order chi connectivity index (χ1) is 9.77. The third kappa shape index (κ3) is 5.39. The lowest BCUT2D eigenvalue weighted by molar-refractivity contribution is 0.278. The average Bonchev–Trinajstić information content (AvgIpc) is 2.46. The van der Waals surface area contributed by atoms with Crippen molar-refractivity contribution in [1.82, 2.24) is 9.62 Å². The Balaban J connectivity index is 2.74. The number of hydrogen-bond donors (Lipinski definition) is 2. The van der Waals surface area contributed by atoms with Crippen molar-refractivity contribution in [3.63, 3.8) is 0 Å². The lowest BCUT2D eigenvalue weighted by Crippen LogP contribution is -2.36. The van der Waals surface area contributed by atoms with Crippen molar-refractivity contribution < 1.29 is 8.42 Å². The van der Waals surface area contributed by atoms with E-state index < -0.39 is 10.0 Å². The van der Waals surface area contributed by atoms with Crippen molar-refractivity contribution in [3.05, 3.63) is 29.8 Å². The van der Waals surface area contributed by atoms with Crippen LogP contribution in [0.1, 0.15) is 38.8 Å². The molecule has 0 bridgehead atoms. The highest BCUT2D eigenvalue weighted by molar-refractivity contribution is 7.89. The monoisotopic (exact) mass is 313 g/mol. The number of rotatable bonds is 8. The van der Waals surface area contributed by atoms with Crippen LogP contribution in [0.25, 0.3) is 0 Å². The van der Waals surface area contributed by atoms with Gasteiger partial charge in [-0.25, -0.2) is 13.1 Å². The van der Waals surface area contributed by atoms with Gasteiger partial charge in [-0.2, -0.15) is 0 Å². The van der Waals surface area contributed by atoms with E-state index in [1.165, 1.54) is 0 Å². The molecule has 0 aliphatic rings. The highest BCUT2D eigenvalue weighted by Gasteiger charge is 2.15. The van der Waals surface area contributed by atoms with Crippen molar-refractivity contribution in [2.24, 2.45) is 5.73 Å². The largest absolute Gasteiger partial charge is 0.324 e. The van der Waals surface area contributed by atoms with Crippen LogP contribution in [0, 0.1) is 0 Å². The van der Waals surface area contributed by atoms with Crippen LogP contribution in [-0.2, 0) is 10.0 Å². The number of benzene rings is 1. The normalized spacial score (nSPS) is 13.9. The molecule has 1 unspecified atom stereocenters. The summed E-state index contributed by atoms with van der Waals surface area (Å²) in [5.41, 5.74) is 6.80. The van der Waals surface area contributed by atoms with E-state index in [9.17, 15) is 8.42 Å². The fourth-order valence-corrected chi connectivity index (χ4v) is 2.92. The van der Waals surface area contributed by atoms with Crippen LogP contribution in [0.2, 0.25) is 0 Å².